The minimum atomic E-state index is 0.723. The van der Waals surface area contributed by atoms with Crippen LogP contribution in [0.3, 0.4) is 0 Å². The minimum absolute atomic E-state index is 0.723. The minimum Gasteiger partial charge on any atom is -0.335 e. The first-order valence-corrected chi connectivity index (χ1v) is 8.75. The van der Waals surface area contributed by atoms with Crippen LogP contribution in [0, 0.1) is 6.92 Å². The van der Waals surface area contributed by atoms with Gasteiger partial charge in [0.25, 0.3) is 0 Å². The molecule has 3 aromatic heterocycles. The molecule has 0 saturated heterocycles. The van der Waals surface area contributed by atoms with E-state index in [-0.39, 0.29) is 0 Å². The van der Waals surface area contributed by atoms with E-state index in [4.69, 9.17) is 4.98 Å². The number of H-pyrrole nitrogens is 1. The van der Waals surface area contributed by atoms with Crippen molar-refractivity contribution in [1.29, 1.82) is 0 Å². The average Bonchev–Trinajstić information content (AvgIpc) is 3.33. The van der Waals surface area contributed by atoms with Gasteiger partial charge in [-0.1, -0.05) is 37.6 Å². The van der Waals surface area contributed by atoms with Gasteiger partial charge in [0.2, 0.25) is 0 Å². The summed E-state index contributed by atoms with van der Waals surface area (Å²) in [6.07, 6.45) is 6.02. The fourth-order valence-electron chi connectivity index (χ4n) is 3.13. The van der Waals surface area contributed by atoms with Crippen molar-refractivity contribution in [1.82, 2.24) is 29.5 Å². The fourth-order valence-corrected chi connectivity index (χ4v) is 3.13. The molecule has 0 radical (unpaired) electrons. The van der Waals surface area contributed by atoms with Crippen molar-refractivity contribution in [2.45, 2.75) is 39.8 Å². The highest BCUT2D eigenvalue weighted by Gasteiger charge is 2.15. The van der Waals surface area contributed by atoms with E-state index in [1.807, 2.05) is 34.6 Å². The summed E-state index contributed by atoms with van der Waals surface area (Å²) in [5.74, 6) is 0.892. The van der Waals surface area contributed by atoms with Crippen LogP contribution >= 0.6 is 0 Å². The summed E-state index contributed by atoms with van der Waals surface area (Å²) < 4.78 is 3.94. The molecule has 0 bridgehead atoms. The number of nitrogens with one attached hydrogen (secondary N) is 1. The summed E-state index contributed by atoms with van der Waals surface area (Å²) in [6, 6.07) is 10.3. The first-order chi connectivity index (χ1) is 12.3. The Morgan fingerprint density at radius 1 is 1.16 bits per heavy atom. The third-order valence-corrected chi connectivity index (χ3v) is 4.45. The maximum Gasteiger partial charge on any atom is 0.177 e. The molecule has 0 aliphatic rings. The molecule has 0 aliphatic carbocycles. The highest BCUT2D eigenvalue weighted by atomic mass is 15.3. The molecule has 4 aromatic rings. The number of hydrogen-bond acceptors (Lipinski definition) is 3. The van der Waals surface area contributed by atoms with Crippen LogP contribution in [0.5, 0.6) is 0 Å². The van der Waals surface area contributed by atoms with Gasteiger partial charge < -0.3 is 4.98 Å². The highest BCUT2D eigenvalue weighted by Crippen LogP contribution is 2.26. The van der Waals surface area contributed by atoms with Gasteiger partial charge in [0.15, 0.2) is 5.65 Å². The topological polar surface area (TPSA) is 64.3 Å². The van der Waals surface area contributed by atoms with Gasteiger partial charge in [-0.05, 0) is 25.0 Å². The van der Waals surface area contributed by atoms with Gasteiger partial charge in [0, 0.05) is 24.5 Å². The molecule has 4 rings (SSSR count). The smallest absolute Gasteiger partial charge is 0.177 e. The lowest BCUT2D eigenvalue weighted by atomic mass is 10.1. The molecule has 1 N–H and O–H groups in total. The summed E-state index contributed by atoms with van der Waals surface area (Å²) in [6.45, 7) is 5.85. The largest absolute Gasteiger partial charge is 0.335 e. The molecule has 25 heavy (non-hydrogen) atoms. The Bertz CT molecular complexity index is 977. The van der Waals surface area contributed by atoms with Gasteiger partial charge in [-0.2, -0.15) is 10.2 Å². The van der Waals surface area contributed by atoms with Crippen molar-refractivity contribution >= 4 is 11.2 Å². The maximum absolute atomic E-state index is 4.86. The van der Waals surface area contributed by atoms with E-state index in [0.29, 0.717) is 0 Å². The number of imidazole rings is 1. The summed E-state index contributed by atoms with van der Waals surface area (Å²) in [4.78, 5) is 8.33. The van der Waals surface area contributed by atoms with Crippen molar-refractivity contribution in [2.75, 3.05) is 0 Å². The molecular formula is C19H22N6. The summed E-state index contributed by atoms with van der Waals surface area (Å²) in [5.41, 5.74) is 5.26. The van der Waals surface area contributed by atoms with Crippen LogP contribution in [0.15, 0.2) is 42.7 Å². The molecule has 0 saturated carbocycles. The fraction of sp³-hybridized carbons (Fsp3) is 0.316. The zero-order chi connectivity index (χ0) is 17.2. The van der Waals surface area contributed by atoms with Gasteiger partial charge in [-0.15, -0.1) is 0 Å². The predicted octanol–water partition coefficient (Wildman–Crippen LogP) is 3.78. The molecule has 0 amide bonds. The number of fused-ring (bicyclic) bond motifs is 1. The van der Waals surface area contributed by atoms with Crippen molar-refractivity contribution < 1.29 is 0 Å². The van der Waals surface area contributed by atoms with Crippen LogP contribution in [-0.2, 0) is 13.1 Å². The van der Waals surface area contributed by atoms with E-state index in [9.17, 15) is 0 Å². The monoisotopic (exact) mass is 334 g/mol. The van der Waals surface area contributed by atoms with Crippen LogP contribution in [0.2, 0.25) is 0 Å². The summed E-state index contributed by atoms with van der Waals surface area (Å²) >= 11 is 0. The van der Waals surface area contributed by atoms with Crippen LogP contribution in [0.1, 0.15) is 31.0 Å². The number of hydrogen-bond donors (Lipinski definition) is 1. The zero-order valence-corrected chi connectivity index (χ0v) is 14.6. The Kier molecular flexibility index (Phi) is 4.09. The highest BCUT2D eigenvalue weighted by molar-refractivity contribution is 5.79. The Morgan fingerprint density at radius 3 is 2.84 bits per heavy atom. The molecule has 0 unspecified atom stereocenters. The number of unbranched alkanes of at least 4 members (excludes halogenated alkanes) is 1. The lowest BCUT2D eigenvalue weighted by Gasteiger charge is -2.07. The maximum atomic E-state index is 4.86. The molecule has 1 aromatic carbocycles. The average molecular weight is 334 g/mol. The molecule has 6 heteroatoms. The second kappa shape index (κ2) is 6.55. The van der Waals surface area contributed by atoms with E-state index in [1.54, 1.807) is 6.20 Å². The van der Waals surface area contributed by atoms with Crippen LogP contribution in [0.25, 0.3) is 22.6 Å². The Morgan fingerprint density at radius 2 is 2.04 bits per heavy atom. The Balaban J connectivity index is 1.75. The SMILES string of the molecule is CCCCn1nc(C)c2[nH]c(-c3ccccc3Cn3cccn3)nc21. The van der Waals surface area contributed by atoms with E-state index >= 15 is 0 Å². The third kappa shape index (κ3) is 2.95. The van der Waals surface area contributed by atoms with Crippen LogP contribution < -0.4 is 0 Å². The second-order valence-electron chi connectivity index (χ2n) is 6.31. The molecule has 0 atom stereocenters. The molecule has 3 heterocycles. The molecule has 0 fully saturated rings. The number of aryl methyl sites for hydroxylation is 2. The Hall–Kier alpha value is -2.89. The molecule has 6 nitrogen and oxygen atoms in total. The van der Waals surface area contributed by atoms with Crippen molar-refractivity contribution in [2.24, 2.45) is 0 Å². The lowest BCUT2D eigenvalue weighted by Crippen LogP contribution is -2.03. The van der Waals surface area contributed by atoms with Gasteiger partial charge in [0.1, 0.15) is 11.3 Å². The normalized spacial score (nSPS) is 11.4. The first kappa shape index (κ1) is 15.6. The van der Waals surface area contributed by atoms with E-state index in [0.717, 1.165) is 54.2 Å². The third-order valence-electron chi connectivity index (χ3n) is 4.45. The number of aromatic nitrogens is 6. The van der Waals surface area contributed by atoms with Gasteiger partial charge in [-0.3, -0.25) is 4.68 Å². The number of nitrogens with zero attached hydrogens (tertiary/aromatic N) is 5. The predicted molar refractivity (Wildman–Crippen MR) is 98.3 cm³/mol. The first-order valence-electron chi connectivity index (χ1n) is 8.75. The molecule has 0 aliphatic heterocycles. The number of rotatable bonds is 6. The van der Waals surface area contributed by atoms with Gasteiger partial charge in [-0.25, -0.2) is 9.67 Å². The zero-order valence-electron chi connectivity index (χ0n) is 14.6. The molecule has 0 spiro atoms. The van der Waals surface area contributed by atoms with E-state index < -0.39 is 0 Å². The number of benzene rings is 1. The van der Waals surface area contributed by atoms with Gasteiger partial charge >= 0.3 is 0 Å². The quantitative estimate of drug-likeness (QED) is 0.583. The summed E-state index contributed by atoms with van der Waals surface area (Å²) in [7, 11) is 0. The van der Waals surface area contributed by atoms with Crippen molar-refractivity contribution in [3.63, 3.8) is 0 Å². The van der Waals surface area contributed by atoms with E-state index in [1.165, 1.54) is 5.56 Å². The molecule has 128 valence electrons. The standard InChI is InChI=1S/C19H22N6/c1-3-4-12-25-19-17(14(2)23-25)21-18(22-19)16-9-6-5-8-15(16)13-24-11-7-10-20-24/h5-11H,3-4,12-13H2,1-2H3,(H,21,22). The Labute approximate surface area is 146 Å². The van der Waals surface area contributed by atoms with Crippen molar-refractivity contribution in [3.8, 4) is 11.4 Å². The summed E-state index contributed by atoms with van der Waals surface area (Å²) in [5, 5.41) is 8.93. The molecular weight excluding hydrogens is 312 g/mol. The van der Waals surface area contributed by atoms with Crippen molar-refractivity contribution in [3.05, 3.63) is 54.0 Å². The van der Waals surface area contributed by atoms with Gasteiger partial charge in [0.05, 0.1) is 12.2 Å². The number of aromatic amines is 1. The second-order valence-corrected chi connectivity index (χ2v) is 6.31. The van der Waals surface area contributed by atoms with Crippen LogP contribution in [-0.4, -0.2) is 29.5 Å². The van der Waals surface area contributed by atoms with Crippen LogP contribution in [0.4, 0.5) is 0 Å². The lowest BCUT2D eigenvalue weighted by molar-refractivity contribution is 0.580. The van der Waals surface area contributed by atoms with E-state index in [2.05, 4.69) is 40.3 Å².